The highest BCUT2D eigenvalue weighted by Crippen LogP contribution is 2.31. The van der Waals surface area contributed by atoms with Gasteiger partial charge in [-0.25, -0.2) is 4.98 Å². The maximum absolute atomic E-state index is 12.7. The molecule has 0 saturated carbocycles. The maximum Gasteiger partial charge on any atom is 0.276 e. The van der Waals surface area contributed by atoms with Gasteiger partial charge in [0.15, 0.2) is 17.9 Å². The van der Waals surface area contributed by atoms with Gasteiger partial charge in [-0.1, -0.05) is 19.0 Å². The summed E-state index contributed by atoms with van der Waals surface area (Å²) in [5.74, 6) is 1.68. The second kappa shape index (κ2) is 5.67. The maximum atomic E-state index is 12.7. The lowest BCUT2D eigenvalue weighted by atomic mass is 10.2. The van der Waals surface area contributed by atoms with E-state index in [1.54, 1.807) is 4.90 Å². The van der Waals surface area contributed by atoms with Gasteiger partial charge < -0.3 is 13.8 Å². The smallest absolute Gasteiger partial charge is 0.276 e. The summed E-state index contributed by atoms with van der Waals surface area (Å²) in [5.41, 5.74) is 0.392. The minimum absolute atomic E-state index is 0.119. The zero-order valence-electron chi connectivity index (χ0n) is 12.2. The van der Waals surface area contributed by atoms with E-state index >= 15 is 0 Å². The van der Waals surface area contributed by atoms with Crippen molar-refractivity contribution in [2.75, 3.05) is 6.54 Å². The summed E-state index contributed by atoms with van der Waals surface area (Å²) in [4.78, 5) is 22.8. The number of nitrogens with zero attached hydrogens (tertiary/aromatic N) is 4. The fourth-order valence-corrected chi connectivity index (χ4v) is 2.66. The summed E-state index contributed by atoms with van der Waals surface area (Å²) in [7, 11) is 0. The summed E-state index contributed by atoms with van der Waals surface area (Å²) in [6.07, 6.45) is 4.42. The molecule has 7 heteroatoms. The molecule has 0 bridgehead atoms. The number of carbonyl (C=O) groups is 1. The molecule has 0 N–H and O–H groups in total. The summed E-state index contributed by atoms with van der Waals surface area (Å²) >= 11 is 0. The van der Waals surface area contributed by atoms with E-state index in [4.69, 9.17) is 8.94 Å². The summed E-state index contributed by atoms with van der Waals surface area (Å²) < 4.78 is 10.4. The monoisotopic (exact) mass is 290 g/mol. The van der Waals surface area contributed by atoms with Gasteiger partial charge in [0.05, 0.1) is 6.04 Å². The lowest BCUT2D eigenvalue weighted by Crippen LogP contribution is -2.32. The fourth-order valence-electron chi connectivity index (χ4n) is 2.66. The third-order valence-electron chi connectivity index (χ3n) is 3.76. The quantitative estimate of drug-likeness (QED) is 0.857. The summed E-state index contributed by atoms with van der Waals surface area (Å²) in [5, 5.41) is 4.00. The van der Waals surface area contributed by atoms with E-state index in [9.17, 15) is 4.79 Å². The molecule has 3 heterocycles. The van der Waals surface area contributed by atoms with Gasteiger partial charge in [0, 0.05) is 19.4 Å². The van der Waals surface area contributed by atoms with Gasteiger partial charge in [-0.2, -0.15) is 4.98 Å². The van der Waals surface area contributed by atoms with Crippen LogP contribution < -0.4 is 0 Å². The van der Waals surface area contributed by atoms with Crippen molar-refractivity contribution in [1.29, 1.82) is 0 Å². The molecule has 2 aromatic heterocycles. The van der Waals surface area contributed by atoms with E-state index in [1.807, 2.05) is 13.8 Å². The van der Waals surface area contributed by atoms with Crippen molar-refractivity contribution in [2.24, 2.45) is 0 Å². The summed E-state index contributed by atoms with van der Waals surface area (Å²) in [6, 6.07) is -0.136. The van der Waals surface area contributed by atoms with E-state index in [0.717, 1.165) is 12.8 Å². The van der Waals surface area contributed by atoms with Gasteiger partial charge in [0.2, 0.25) is 5.89 Å². The number of aryl methyl sites for hydroxylation is 2. The Morgan fingerprint density at radius 3 is 3.00 bits per heavy atom. The van der Waals surface area contributed by atoms with Crippen molar-refractivity contribution in [3.8, 4) is 0 Å². The molecule has 1 atom stereocenters. The Labute approximate surface area is 122 Å². The number of hydrogen-bond donors (Lipinski definition) is 0. The Kier molecular flexibility index (Phi) is 3.72. The van der Waals surface area contributed by atoms with Gasteiger partial charge in [-0.05, 0) is 12.8 Å². The molecule has 112 valence electrons. The van der Waals surface area contributed by atoms with Crippen LogP contribution in [0.3, 0.4) is 0 Å². The first-order chi connectivity index (χ1) is 10.2. The van der Waals surface area contributed by atoms with Crippen molar-refractivity contribution in [3.63, 3.8) is 0 Å². The van der Waals surface area contributed by atoms with E-state index in [-0.39, 0.29) is 11.9 Å². The molecule has 1 saturated heterocycles. The molecule has 3 rings (SSSR count). The molecule has 0 aliphatic carbocycles. The highest BCUT2D eigenvalue weighted by atomic mass is 16.5. The van der Waals surface area contributed by atoms with Crippen LogP contribution in [0.4, 0.5) is 0 Å². The van der Waals surface area contributed by atoms with Crippen molar-refractivity contribution in [2.45, 2.75) is 45.6 Å². The number of amides is 1. The first-order valence-corrected chi connectivity index (χ1v) is 7.30. The molecular weight excluding hydrogens is 272 g/mol. The second-order valence-corrected chi connectivity index (χ2v) is 5.03. The predicted octanol–water partition coefficient (Wildman–Crippen LogP) is 2.16. The van der Waals surface area contributed by atoms with Gasteiger partial charge >= 0.3 is 0 Å². The molecule has 7 nitrogen and oxygen atoms in total. The normalized spacial score (nSPS) is 18.4. The Balaban J connectivity index is 1.85. The SMILES string of the molecule is CCc1nc([C@H]2CCCN2C(=O)c2ncoc2CC)no1. The number of likely N-dealkylation sites (tertiary alicyclic amines) is 1. The Hall–Kier alpha value is -2.18. The molecule has 0 spiro atoms. The average Bonchev–Trinajstić information content (AvgIpc) is 3.23. The van der Waals surface area contributed by atoms with Crippen molar-refractivity contribution < 1.29 is 13.7 Å². The Morgan fingerprint density at radius 2 is 2.29 bits per heavy atom. The zero-order chi connectivity index (χ0) is 14.8. The zero-order valence-corrected chi connectivity index (χ0v) is 12.2. The third-order valence-corrected chi connectivity index (χ3v) is 3.76. The van der Waals surface area contributed by atoms with Crippen LogP contribution in [0, 0.1) is 0 Å². The van der Waals surface area contributed by atoms with Crippen molar-refractivity contribution in [3.05, 3.63) is 29.6 Å². The molecule has 1 aliphatic heterocycles. The molecule has 0 radical (unpaired) electrons. The van der Waals surface area contributed by atoms with E-state index in [1.165, 1.54) is 6.39 Å². The largest absolute Gasteiger partial charge is 0.448 e. The number of hydrogen-bond acceptors (Lipinski definition) is 6. The Morgan fingerprint density at radius 1 is 1.43 bits per heavy atom. The molecule has 0 aromatic carbocycles. The van der Waals surface area contributed by atoms with E-state index < -0.39 is 0 Å². The molecule has 1 aliphatic rings. The molecule has 1 fully saturated rings. The van der Waals surface area contributed by atoms with E-state index in [0.29, 0.717) is 42.6 Å². The standard InChI is InChI=1S/C14H18N4O3/c1-3-10-12(15-8-20-10)14(19)18-7-5-6-9(18)13-16-11(4-2)21-17-13/h8-9H,3-7H2,1-2H3/t9-/m1/s1. The van der Waals surface area contributed by atoms with Crippen LogP contribution >= 0.6 is 0 Å². The number of carbonyl (C=O) groups excluding carboxylic acids is 1. The highest BCUT2D eigenvalue weighted by Gasteiger charge is 2.35. The predicted molar refractivity (Wildman–Crippen MR) is 72.6 cm³/mol. The second-order valence-electron chi connectivity index (χ2n) is 5.03. The number of rotatable bonds is 4. The first-order valence-electron chi connectivity index (χ1n) is 7.30. The van der Waals surface area contributed by atoms with Crippen LogP contribution in [-0.4, -0.2) is 32.5 Å². The van der Waals surface area contributed by atoms with Gasteiger partial charge in [0.1, 0.15) is 5.76 Å². The first kappa shape index (κ1) is 13.8. The molecule has 0 unspecified atom stereocenters. The lowest BCUT2D eigenvalue weighted by Gasteiger charge is -2.21. The molecular formula is C14H18N4O3. The van der Waals surface area contributed by atoms with Crippen LogP contribution in [-0.2, 0) is 12.8 Å². The van der Waals surface area contributed by atoms with Crippen LogP contribution in [0.2, 0.25) is 0 Å². The minimum atomic E-state index is -0.136. The Bertz CT molecular complexity index is 634. The van der Waals surface area contributed by atoms with Gasteiger partial charge in [0.25, 0.3) is 5.91 Å². The van der Waals surface area contributed by atoms with Crippen LogP contribution in [0.15, 0.2) is 15.3 Å². The topological polar surface area (TPSA) is 85.3 Å². The van der Waals surface area contributed by atoms with Gasteiger partial charge in [-0.3, -0.25) is 4.79 Å². The lowest BCUT2D eigenvalue weighted by molar-refractivity contribution is 0.0720. The number of aromatic nitrogens is 3. The highest BCUT2D eigenvalue weighted by molar-refractivity contribution is 5.93. The fraction of sp³-hybridized carbons (Fsp3) is 0.571. The van der Waals surface area contributed by atoms with Crippen molar-refractivity contribution in [1.82, 2.24) is 20.0 Å². The van der Waals surface area contributed by atoms with E-state index in [2.05, 4.69) is 15.1 Å². The molecule has 21 heavy (non-hydrogen) atoms. The van der Waals surface area contributed by atoms with Crippen LogP contribution in [0.25, 0.3) is 0 Å². The molecule has 2 aromatic rings. The average molecular weight is 290 g/mol. The minimum Gasteiger partial charge on any atom is -0.448 e. The van der Waals surface area contributed by atoms with Crippen molar-refractivity contribution >= 4 is 5.91 Å². The van der Waals surface area contributed by atoms with Crippen LogP contribution in [0.1, 0.15) is 60.7 Å². The van der Waals surface area contributed by atoms with Crippen LogP contribution in [0.5, 0.6) is 0 Å². The summed E-state index contributed by atoms with van der Waals surface area (Å²) in [6.45, 7) is 4.57. The van der Waals surface area contributed by atoms with Gasteiger partial charge in [-0.15, -0.1) is 0 Å². The third kappa shape index (κ3) is 2.43. The number of oxazole rings is 1. The molecule has 1 amide bonds.